The van der Waals surface area contributed by atoms with Gasteiger partial charge < -0.3 is 5.11 Å². The zero-order valence-corrected chi connectivity index (χ0v) is 12.2. The van der Waals surface area contributed by atoms with Crippen LogP contribution in [0.1, 0.15) is 18.9 Å². The van der Waals surface area contributed by atoms with Crippen LogP contribution in [-0.2, 0) is 5.60 Å². The van der Waals surface area contributed by atoms with Crippen molar-refractivity contribution in [3.05, 3.63) is 35.6 Å². The van der Waals surface area contributed by atoms with Crippen LogP contribution in [0.5, 0.6) is 0 Å². The molecule has 1 N–H and O–H groups in total. The summed E-state index contributed by atoms with van der Waals surface area (Å²) in [6.07, 6.45) is -2.61. The predicted molar refractivity (Wildman–Crippen MR) is 64.2 cm³/mol. The number of halogens is 10. The number of benzene rings is 1. The Bertz CT molecular complexity index is 656. The van der Waals surface area contributed by atoms with E-state index in [2.05, 4.69) is 0 Å². The normalized spacial score (nSPS) is 27.7. The van der Waals surface area contributed by atoms with Crippen molar-refractivity contribution in [2.75, 3.05) is 0 Å². The third-order valence-corrected chi connectivity index (χ3v) is 4.22. The lowest BCUT2D eigenvalue weighted by atomic mass is 9.80. The lowest BCUT2D eigenvalue weighted by Gasteiger charge is -2.36. The third-order valence-electron chi connectivity index (χ3n) is 4.22. The molecule has 1 aromatic carbocycles. The van der Waals surface area contributed by atoms with Gasteiger partial charge in [-0.2, -0.15) is 35.1 Å². The van der Waals surface area contributed by atoms with Crippen molar-refractivity contribution in [2.45, 2.75) is 48.3 Å². The first-order chi connectivity index (χ1) is 11.0. The van der Waals surface area contributed by atoms with E-state index in [0.29, 0.717) is 19.1 Å². The Morgan fingerprint density at radius 2 is 1.20 bits per heavy atom. The summed E-state index contributed by atoms with van der Waals surface area (Å²) in [6.45, 7) is 0.369. The molecule has 142 valence electrons. The van der Waals surface area contributed by atoms with E-state index in [1.54, 1.807) is 0 Å². The minimum absolute atomic E-state index is 0.369. The lowest BCUT2D eigenvalue weighted by Crippen LogP contribution is -2.57. The van der Waals surface area contributed by atoms with Crippen LogP contribution in [0.2, 0.25) is 0 Å². The number of rotatable bonds is 3. The molecule has 0 spiro atoms. The van der Waals surface area contributed by atoms with Gasteiger partial charge in [-0.05, 0) is 13.0 Å². The largest absolute Gasteiger partial charge is 0.385 e. The number of aliphatic hydroxyl groups is 1. The van der Waals surface area contributed by atoms with Crippen LogP contribution in [0.15, 0.2) is 24.3 Å². The molecule has 1 aliphatic carbocycles. The second-order valence-corrected chi connectivity index (χ2v) is 6.03. The molecule has 0 radical (unpaired) electrons. The van der Waals surface area contributed by atoms with E-state index in [-0.39, 0.29) is 0 Å². The van der Waals surface area contributed by atoms with E-state index in [1.165, 1.54) is 0 Å². The molecule has 25 heavy (non-hydrogen) atoms. The van der Waals surface area contributed by atoms with Gasteiger partial charge in [0.1, 0.15) is 5.82 Å². The van der Waals surface area contributed by atoms with Crippen LogP contribution in [0.25, 0.3) is 0 Å². The van der Waals surface area contributed by atoms with Crippen LogP contribution in [-0.4, -0.2) is 34.5 Å². The van der Waals surface area contributed by atoms with Crippen LogP contribution in [0, 0.1) is 5.82 Å². The zero-order chi connectivity index (χ0) is 19.7. The summed E-state index contributed by atoms with van der Waals surface area (Å²) in [7, 11) is 0. The van der Waals surface area contributed by atoms with Crippen LogP contribution in [0.4, 0.5) is 43.9 Å². The molecule has 1 atom stereocenters. The standard InChI is InChI=1S/C14H10F10O/c1-9(25,7-4-2-3-5-8(7)15)6-10(16)11(17,18)13(21,22)14(23,24)12(10,19)20/h2-5,25H,6H2,1H3. The molecule has 1 fully saturated rings. The molecular formula is C14H10F10O. The second kappa shape index (κ2) is 5.01. The van der Waals surface area contributed by atoms with Crippen LogP contribution >= 0.6 is 0 Å². The van der Waals surface area contributed by atoms with E-state index < -0.39 is 52.8 Å². The molecule has 0 aromatic heterocycles. The van der Waals surface area contributed by atoms with E-state index >= 15 is 0 Å². The van der Waals surface area contributed by atoms with Gasteiger partial charge in [-0.25, -0.2) is 8.78 Å². The SMILES string of the molecule is CC(O)(CC1(F)C(F)(F)C(F)(F)C(F)(F)C1(F)F)c1ccccc1F. The van der Waals surface area contributed by atoms with Crippen LogP contribution in [0.3, 0.4) is 0 Å². The van der Waals surface area contributed by atoms with Gasteiger partial charge in [0.25, 0.3) is 5.67 Å². The quantitative estimate of drug-likeness (QED) is 0.750. The topological polar surface area (TPSA) is 20.2 Å². The van der Waals surface area contributed by atoms with Crippen molar-refractivity contribution in [1.29, 1.82) is 0 Å². The highest BCUT2D eigenvalue weighted by Gasteiger charge is 3.00. The smallest absolute Gasteiger partial charge is 0.381 e. The first-order valence-electron chi connectivity index (χ1n) is 6.65. The molecule has 2 rings (SSSR count). The molecule has 0 heterocycles. The molecule has 0 amide bonds. The van der Waals surface area contributed by atoms with Gasteiger partial charge >= 0.3 is 23.7 Å². The molecule has 0 bridgehead atoms. The Morgan fingerprint density at radius 3 is 1.60 bits per heavy atom. The van der Waals surface area contributed by atoms with Crippen molar-refractivity contribution in [2.24, 2.45) is 0 Å². The summed E-state index contributed by atoms with van der Waals surface area (Å²) in [5.41, 5.74) is -10.1. The minimum Gasteiger partial charge on any atom is -0.385 e. The summed E-state index contributed by atoms with van der Waals surface area (Å²) in [4.78, 5) is 0. The molecule has 0 aliphatic heterocycles. The van der Waals surface area contributed by atoms with E-state index in [4.69, 9.17) is 0 Å². The summed E-state index contributed by atoms with van der Waals surface area (Å²) < 4.78 is 135. The van der Waals surface area contributed by atoms with Crippen molar-refractivity contribution in [3.63, 3.8) is 0 Å². The molecule has 1 aliphatic rings. The van der Waals surface area contributed by atoms with Crippen molar-refractivity contribution in [1.82, 2.24) is 0 Å². The maximum absolute atomic E-state index is 14.4. The van der Waals surface area contributed by atoms with Crippen molar-refractivity contribution in [3.8, 4) is 0 Å². The molecule has 1 unspecified atom stereocenters. The Hall–Kier alpha value is -1.52. The van der Waals surface area contributed by atoms with Crippen molar-refractivity contribution >= 4 is 0 Å². The highest BCUT2D eigenvalue weighted by molar-refractivity contribution is 5.31. The molecule has 1 nitrogen and oxygen atoms in total. The number of alkyl halides is 9. The predicted octanol–water partition coefficient (Wildman–Crippen LogP) is 4.69. The Morgan fingerprint density at radius 1 is 0.800 bits per heavy atom. The highest BCUT2D eigenvalue weighted by Crippen LogP contribution is 2.70. The fraction of sp³-hybridized carbons (Fsp3) is 0.571. The fourth-order valence-corrected chi connectivity index (χ4v) is 2.78. The summed E-state index contributed by atoms with van der Waals surface area (Å²) in [5.74, 6) is -27.9. The fourth-order valence-electron chi connectivity index (χ4n) is 2.78. The van der Waals surface area contributed by atoms with E-state index in [1.807, 2.05) is 0 Å². The number of hydrogen-bond donors (Lipinski definition) is 1. The Kier molecular flexibility index (Phi) is 3.97. The molecule has 0 saturated heterocycles. The van der Waals surface area contributed by atoms with Gasteiger partial charge in [0, 0.05) is 12.0 Å². The van der Waals surface area contributed by atoms with E-state index in [0.717, 1.165) is 12.1 Å². The monoisotopic (exact) mass is 384 g/mol. The zero-order valence-electron chi connectivity index (χ0n) is 12.2. The van der Waals surface area contributed by atoms with Gasteiger partial charge in [0.05, 0.1) is 5.60 Å². The minimum atomic E-state index is -6.73. The summed E-state index contributed by atoms with van der Waals surface area (Å²) in [5, 5.41) is 9.96. The first-order valence-corrected chi connectivity index (χ1v) is 6.65. The van der Waals surface area contributed by atoms with Gasteiger partial charge in [-0.15, -0.1) is 0 Å². The Labute approximate surface area is 134 Å². The maximum atomic E-state index is 14.4. The molecule has 1 aromatic rings. The molecule has 1 saturated carbocycles. The number of hydrogen-bond acceptors (Lipinski definition) is 1. The Balaban J connectivity index is 2.63. The third kappa shape index (κ3) is 2.13. The van der Waals surface area contributed by atoms with Gasteiger partial charge in [-0.1, -0.05) is 18.2 Å². The van der Waals surface area contributed by atoms with Gasteiger partial charge in [-0.3, -0.25) is 0 Å². The van der Waals surface area contributed by atoms with Crippen LogP contribution < -0.4 is 0 Å². The summed E-state index contributed by atoms with van der Waals surface area (Å²) in [6, 6.07) is 3.37. The molecular weight excluding hydrogens is 374 g/mol. The van der Waals surface area contributed by atoms with Crippen molar-refractivity contribution < 1.29 is 49.0 Å². The summed E-state index contributed by atoms with van der Waals surface area (Å²) >= 11 is 0. The second-order valence-electron chi connectivity index (χ2n) is 6.03. The average Bonchev–Trinajstić information content (AvgIpc) is 2.49. The lowest BCUT2D eigenvalue weighted by molar-refractivity contribution is -0.303. The maximum Gasteiger partial charge on any atom is 0.381 e. The highest BCUT2D eigenvalue weighted by atomic mass is 19.4. The molecule has 11 heteroatoms. The van der Waals surface area contributed by atoms with E-state index in [9.17, 15) is 49.0 Å². The van der Waals surface area contributed by atoms with Gasteiger partial charge in [0.2, 0.25) is 0 Å². The first kappa shape index (κ1) is 19.8. The van der Waals surface area contributed by atoms with Gasteiger partial charge in [0.15, 0.2) is 0 Å². The average molecular weight is 384 g/mol.